The van der Waals surface area contributed by atoms with Crippen LogP contribution < -0.4 is 0 Å². The third-order valence-electron chi connectivity index (χ3n) is 3.90. The van der Waals surface area contributed by atoms with E-state index in [1.165, 1.54) is 12.8 Å². The van der Waals surface area contributed by atoms with E-state index in [4.69, 9.17) is 25.8 Å². The van der Waals surface area contributed by atoms with Crippen LogP contribution >= 0.6 is 11.6 Å². The highest BCUT2D eigenvalue weighted by molar-refractivity contribution is 6.26. The van der Waals surface area contributed by atoms with Crippen LogP contribution in [0.3, 0.4) is 0 Å². The minimum absolute atomic E-state index is 0.181. The second-order valence-electron chi connectivity index (χ2n) is 5.09. The largest absolute Gasteiger partial charge is 0.409 e. The summed E-state index contributed by atoms with van der Waals surface area (Å²) in [4.78, 5) is 11.0. The van der Waals surface area contributed by atoms with E-state index in [2.05, 4.69) is 13.0 Å². The summed E-state index contributed by atoms with van der Waals surface area (Å²) in [5, 5.41) is 0. The number of hydrogen-bond acceptors (Lipinski definition) is 4. The van der Waals surface area contributed by atoms with Crippen LogP contribution in [0.5, 0.6) is 0 Å². The number of carbonyl (C=O) groups is 1. The summed E-state index contributed by atoms with van der Waals surface area (Å²) in [7, 11) is 0. The van der Waals surface area contributed by atoms with Gasteiger partial charge in [-0.25, -0.2) is 0 Å². The Hall–Kier alpha value is -0.580. The number of rotatable bonds is 4. The Labute approximate surface area is 119 Å². The number of allylic oxidation sites excluding steroid dienone is 2. The summed E-state index contributed by atoms with van der Waals surface area (Å²) < 4.78 is 15.7. The van der Waals surface area contributed by atoms with Gasteiger partial charge in [0.15, 0.2) is 0 Å². The Kier molecular flexibility index (Phi) is 5.67. The van der Waals surface area contributed by atoms with Crippen LogP contribution in [0.15, 0.2) is 11.6 Å². The summed E-state index contributed by atoms with van der Waals surface area (Å²) in [5.74, 6) is 0.304. The minimum Gasteiger partial charge on any atom is -0.409 e. The Bertz CT molecular complexity index is 334. The molecule has 0 N–H and O–H groups in total. The minimum atomic E-state index is -0.882. The van der Waals surface area contributed by atoms with Crippen LogP contribution in [0.4, 0.5) is 0 Å². The van der Waals surface area contributed by atoms with Gasteiger partial charge in [-0.15, -0.1) is 11.6 Å². The van der Waals surface area contributed by atoms with Crippen molar-refractivity contribution in [3.63, 3.8) is 0 Å². The normalized spacial score (nSPS) is 31.7. The third kappa shape index (κ3) is 4.20. The van der Waals surface area contributed by atoms with E-state index >= 15 is 0 Å². The molecule has 1 saturated heterocycles. The lowest BCUT2D eigenvalue weighted by molar-refractivity contribution is -0.311. The molecule has 0 amide bonds. The fraction of sp³-hybridized carbons (Fsp3) is 0.786. The zero-order valence-corrected chi connectivity index (χ0v) is 12.0. The predicted molar refractivity (Wildman–Crippen MR) is 71.7 cm³/mol. The Morgan fingerprint density at radius 3 is 2.68 bits per heavy atom. The molecule has 0 saturated carbocycles. The smallest absolute Gasteiger partial charge is 0.324 e. The molecular formula is C14H21ClO4. The van der Waals surface area contributed by atoms with Crippen LogP contribution in [-0.2, 0) is 19.0 Å². The van der Waals surface area contributed by atoms with E-state index in [-0.39, 0.29) is 5.88 Å². The maximum absolute atomic E-state index is 11.0. The molecule has 0 bridgehead atoms. The molecule has 1 atom stereocenters. The highest BCUT2D eigenvalue weighted by Crippen LogP contribution is 2.32. The van der Waals surface area contributed by atoms with Gasteiger partial charge < -0.3 is 14.2 Å². The van der Waals surface area contributed by atoms with Gasteiger partial charge in [-0.05, 0) is 31.6 Å². The Balaban J connectivity index is 1.75. The highest BCUT2D eigenvalue weighted by Gasteiger charge is 2.31. The topological polar surface area (TPSA) is 44.8 Å². The van der Waals surface area contributed by atoms with E-state index in [0.717, 1.165) is 12.8 Å². The van der Waals surface area contributed by atoms with Gasteiger partial charge in [0.25, 0.3) is 0 Å². The molecule has 19 heavy (non-hydrogen) atoms. The maximum Gasteiger partial charge on any atom is 0.324 e. The van der Waals surface area contributed by atoms with Crippen LogP contribution in [0, 0.1) is 11.8 Å². The van der Waals surface area contributed by atoms with Crippen molar-refractivity contribution in [3.05, 3.63) is 11.6 Å². The first kappa shape index (κ1) is 14.8. The Morgan fingerprint density at radius 2 is 2.16 bits per heavy atom. The molecule has 2 aliphatic rings. The number of ether oxygens (including phenoxy) is 3. The number of alkyl halides is 1. The molecule has 2 rings (SSSR count). The average Bonchev–Trinajstić information content (AvgIpc) is 2.48. The first-order chi connectivity index (χ1) is 9.22. The van der Waals surface area contributed by atoms with Gasteiger partial charge in [-0.1, -0.05) is 18.6 Å². The molecule has 1 heterocycles. The van der Waals surface area contributed by atoms with E-state index in [1.54, 1.807) is 5.57 Å². The molecule has 0 aromatic rings. The molecule has 0 aromatic carbocycles. The summed E-state index contributed by atoms with van der Waals surface area (Å²) in [6.07, 6.45) is 6.99. The number of halogens is 1. The van der Waals surface area contributed by atoms with Gasteiger partial charge in [-0.2, -0.15) is 0 Å². The van der Waals surface area contributed by atoms with Crippen molar-refractivity contribution < 1.29 is 19.0 Å². The summed E-state index contributed by atoms with van der Waals surface area (Å²) in [6, 6.07) is 0. The quantitative estimate of drug-likeness (QED) is 0.453. The highest BCUT2D eigenvalue weighted by atomic mass is 35.5. The lowest BCUT2D eigenvalue weighted by Gasteiger charge is -2.34. The molecule has 1 fully saturated rings. The maximum atomic E-state index is 11.0. The van der Waals surface area contributed by atoms with Crippen molar-refractivity contribution in [2.24, 2.45) is 11.8 Å². The summed E-state index contributed by atoms with van der Waals surface area (Å²) >= 11 is 5.36. The van der Waals surface area contributed by atoms with Crippen LogP contribution in [0.25, 0.3) is 0 Å². The van der Waals surface area contributed by atoms with Gasteiger partial charge in [-0.3, -0.25) is 4.79 Å². The fourth-order valence-corrected chi connectivity index (χ4v) is 2.70. The first-order valence-electron chi connectivity index (χ1n) is 6.89. The zero-order chi connectivity index (χ0) is 13.7. The lowest BCUT2D eigenvalue weighted by atomic mass is 9.80. The van der Waals surface area contributed by atoms with Crippen molar-refractivity contribution in [2.45, 2.75) is 39.1 Å². The van der Waals surface area contributed by atoms with Crippen molar-refractivity contribution in [1.82, 2.24) is 0 Å². The standard InChI is InChI=1S/C14H21ClO4/c1-2-10-3-5-11(6-4-10)12-8-17-14(18-9-12)19-13(16)7-15/h3,11-12,14H,2,4-9H2,1H3. The number of hydrogen-bond donors (Lipinski definition) is 0. The second kappa shape index (κ2) is 7.27. The van der Waals surface area contributed by atoms with E-state index < -0.39 is 12.4 Å². The van der Waals surface area contributed by atoms with Gasteiger partial charge in [0, 0.05) is 5.92 Å². The summed E-state index contributed by atoms with van der Waals surface area (Å²) in [5.41, 5.74) is 1.56. The van der Waals surface area contributed by atoms with Crippen molar-refractivity contribution in [2.75, 3.05) is 19.1 Å². The second-order valence-corrected chi connectivity index (χ2v) is 5.36. The molecular weight excluding hydrogens is 268 g/mol. The predicted octanol–water partition coefficient (Wildman–Crippen LogP) is 2.85. The van der Waals surface area contributed by atoms with E-state index in [9.17, 15) is 4.79 Å². The Morgan fingerprint density at radius 1 is 1.42 bits per heavy atom. The molecule has 0 radical (unpaired) electrons. The van der Waals surface area contributed by atoms with Crippen molar-refractivity contribution in [3.8, 4) is 0 Å². The lowest BCUT2D eigenvalue weighted by Crippen LogP contribution is -2.38. The summed E-state index contributed by atoms with van der Waals surface area (Å²) in [6.45, 7) is 2.49. The molecule has 1 unspecified atom stereocenters. The molecule has 1 aliphatic heterocycles. The number of esters is 1. The zero-order valence-electron chi connectivity index (χ0n) is 11.3. The fourth-order valence-electron chi connectivity index (χ4n) is 2.64. The van der Waals surface area contributed by atoms with Crippen LogP contribution in [0.1, 0.15) is 32.6 Å². The van der Waals surface area contributed by atoms with E-state index in [0.29, 0.717) is 25.0 Å². The van der Waals surface area contributed by atoms with Crippen LogP contribution in [-0.4, -0.2) is 31.5 Å². The van der Waals surface area contributed by atoms with Gasteiger partial charge in [0.2, 0.25) is 0 Å². The van der Waals surface area contributed by atoms with Crippen molar-refractivity contribution >= 4 is 17.6 Å². The van der Waals surface area contributed by atoms with E-state index in [1.807, 2.05) is 0 Å². The SMILES string of the molecule is CCC1=CCC(C2COC(OC(=O)CCl)OC2)CC1. The van der Waals surface area contributed by atoms with Crippen LogP contribution in [0.2, 0.25) is 0 Å². The van der Waals surface area contributed by atoms with Crippen molar-refractivity contribution in [1.29, 1.82) is 0 Å². The van der Waals surface area contributed by atoms with Gasteiger partial charge in [0.05, 0.1) is 13.2 Å². The average molecular weight is 289 g/mol. The molecule has 1 aliphatic carbocycles. The van der Waals surface area contributed by atoms with Gasteiger partial charge in [0.1, 0.15) is 5.88 Å². The first-order valence-corrected chi connectivity index (χ1v) is 7.43. The number of carbonyl (C=O) groups excluding carboxylic acids is 1. The monoisotopic (exact) mass is 288 g/mol. The van der Waals surface area contributed by atoms with Gasteiger partial charge >= 0.3 is 12.4 Å². The third-order valence-corrected chi connectivity index (χ3v) is 4.11. The molecule has 0 spiro atoms. The molecule has 0 aromatic heterocycles. The molecule has 108 valence electrons. The molecule has 5 heteroatoms. The molecule has 4 nitrogen and oxygen atoms in total.